The van der Waals surface area contributed by atoms with Crippen molar-refractivity contribution in [3.63, 3.8) is 0 Å². The fourth-order valence-corrected chi connectivity index (χ4v) is 4.74. The molecule has 0 aliphatic carbocycles. The van der Waals surface area contributed by atoms with Crippen LogP contribution in [0.1, 0.15) is 59.8 Å². The molecule has 0 aromatic rings. The van der Waals surface area contributed by atoms with Crippen molar-refractivity contribution in [2.24, 2.45) is 0 Å². The van der Waals surface area contributed by atoms with E-state index in [4.69, 9.17) is 4.55 Å². The minimum Gasteiger partial charge on any atom is -0.308 e. The Labute approximate surface area is 163 Å². The van der Waals surface area contributed by atoms with Crippen LogP contribution in [0.5, 0.6) is 0 Å². The second-order valence-electron chi connectivity index (χ2n) is 7.30. The van der Waals surface area contributed by atoms with Crippen LogP contribution in [0.4, 0.5) is 0 Å². The smallest absolute Gasteiger partial charge is 0.270 e. The van der Waals surface area contributed by atoms with E-state index in [2.05, 4.69) is 0 Å². The molecule has 0 aromatic heterocycles. The highest BCUT2D eigenvalue weighted by atomic mass is 32.3. The predicted molar refractivity (Wildman–Crippen MR) is 113 cm³/mol. The predicted octanol–water partition coefficient (Wildman–Crippen LogP) is 5.07. The molecule has 0 fully saturated rings. The largest absolute Gasteiger partial charge is 0.308 e. The Morgan fingerprint density at radius 3 is 1.40 bits per heavy atom. The maximum absolute atomic E-state index is 11.2. The Hall–Kier alpha value is 0.840. The van der Waals surface area contributed by atoms with Crippen LogP contribution in [0.2, 0.25) is 0 Å². The third-order valence-corrected chi connectivity index (χ3v) is 9.75. The van der Waals surface area contributed by atoms with E-state index in [-0.39, 0.29) is 0 Å². The van der Waals surface area contributed by atoms with Gasteiger partial charge in [0.25, 0.3) is 10.1 Å². The summed E-state index contributed by atoms with van der Waals surface area (Å²) in [4.78, 5) is 0. The topological polar surface area (TPSA) is 115 Å². The van der Waals surface area contributed by atoms with Crippen LogP contribution in [0.15, 0.2) is 0 Å². The Morgan fingerprint density at radius 1 is 0.680 bits per heavy atom. The monoisotopic (exact) mass is 438 g/mol. The molecule has 6 nitrogen and oxygen atoms in total. The maximum atomic E-state index is 11.2. The summed E-state index contributed by atoms with van der Waals surface area (Å²) in [5.41, 5.74) is 0. The van der Waals surface area contributed by atoms with Crippen LogP contribution < -0.4 is 0 Å². The summed E-state index contributed by atoms with van der Waals surface area (Å²) in [6, 6.07) is 0. The number of thioether (sulfide) groups is 2. The summed E-state index contributed by atoms with van der Waals surface area (Å²) >= 11 is 3.61. The van der Waals surface area contributed by atoms with Gasteiger partial charge in [0, 0.05) is 0 Å². The van der Waals surface area contributed by atoms with Crippen LogP contribution >= 0.6 is 34.4 Å². The SMILES string of the molecule is CC(C)(CCCSCCCSCCCC(C)(C)S(=O)(=O)O)S(O)(O)O. The molecule has 0 aliphatic heterocycles. The molecule has 25 heavy (non-hydrogen) atoms. The third-order valence-electron chi connectivity index (χ3n) is 4.15. The summed E-state index contributed by atoms with van der Waals surface area (Å²) < 4.78 is 57.5. The molecule has 0 bridgehead atoms. The van der Waals surface area contributed by atoms with E-state index < -0.39 is 30.5 Å². The zero-order chi connectivity index (χ0) is 19.8. The van der Waals surface area contributed by atoms with Crippen molar-refractivity contribution in [1.82, 2.24) is 0 Å². The molecule has 0 heterocycles. The summed E-state index contributed by atoms with van der Waals surface area (Å²) in [6.07, 6.45) is 3.67. The molecule has 154 valence electrons. The first-order chi connectivity index (χ1) is 11.2. The van der Waals surface area contributed by atoms with Crippen LogP contribution in [0, 0.1) is 0 Å². The number of hydrogen-bond donors (Lipinski definition) is 4. The van der Waals surface area contributed by atoms with Crippen molar-refractivity contribution in [1.29, 1.82) is 0 Å². The molecule has 10 heteroatoms. The molecule has 0 aromatic carbocycles. The molecule has 0 unspecified atom stereocenters. The first kappa shape index (κ1) is 25.8. The van der Waals surface area contributed by atoms with Gasteiger partial charge in [-0.25, -0.2) is 0 Å². The average Bonchev–Trinajstić information content (AvgIpc) is 2.42. The van der Waals surface area contributed by atoms with E-state index in [1.165, 1.54) is 0 Å². The van der Waals surface area contributed by atoms with Gasteiger partial charge in [-0.05, 0) is 82.8 Å². The normalized spacial score (nSPS) is 14.7. The fourth-order valence-electron chi connectivity index (χ4n) is 1.93. The van der Waals surface area contributed by atoms with E-state index in [1.807, 2.05) is 11.8 Å². The number of rotatable bonds is 14. The fraction of sp³-hybridized carbons (Fsp3) is 1.00. The Kier molecular flexibility index (Phi) is 11.4. The van der Waals surface area contributed by atoms with Crippen molar-refractivity contribution in [2.75, 3.05) is 23.0 Å². The highest BCUT2D eigenvalue weighted by Gasteiger charge is 2.35. The van der Waals surface area contributed by atoms with Crippen LogP contribution in [-0.2, 0) is 10.1 Å². The van der Waals surface area contributed by atoms with E-state index in [0.29, 0.717) is 12.8 Å². The van der Waals surface area contributed by atoms with E-state index in [0.717, 1.165) is 42.3 Å². The van der Waals surface area contributed by atoms with Crippen LogP contribution in [-0.4, -0.2) is 59.1 Å². The molecule has 0 radical (unpaired) electrons. The Bertz CT molecular complexity index is 471. The summed E-state index contributed by atoms with van der Waals surface area (Å²) in [5, 5.41) is 0. The minimum absolute atomic E-state index is 0.452. The van der Waals surface area contributed by atoms with Gasteiger partial charge in [-0.3, -0.25) is 4.55 Å². The van der Waals surface area contributed by atoms with Gasteiger partial charge in [-0.2, -0.15) is 31.9 Å². The van der Waals surface area contributed by atoms with Gasteiger partial charge >= 0.3 is 0 Å². The lowest BCUT2D eigenvalue weighted by Crippen LogP contribution is -2.31. The molecular formula is C15H34O6S4. The van der Waals surface area contributed by atoms with E-state index >= 15 is 0 Å². The van der Waals surface area contributed by atoms with Gasteiger partial charge < -0.3 is 13.7 Å². The summed E-state index contributed by atoms with van der Waals surface area (Å²) in [7, 11) is -7.49. The van der Waals surface area contributed by atoms with E-state index in [9.17, 15) is 22.1 Å². The lowest BCUT2D eigenvalue weighted by molar-refractivity contribution is 0.332. The van der Waals surface area contributed by atoms with Gasteiger partial charge in [0.2, 0.25) is 0 Å². The Balaban J connectivity index is 3.58. The Morgan fingerprint density at radius 2 is 1.04 bits per heavy atom. The van der Waals surface area contributed by atoms with Crippen LogP contribution in [0.3, 0.4) is 0 Å². The van der Waals surface area contributed by atoms with Crippen molar-refractivity contribution < 1.29 is 26.6 Å². The van der Waals surface area contributed by atoms with Crippen molar-refractivity contribution in [3.8, 4) is 0 Å². The molecule has 0 spiro atoms. The lowest BCUT2D eigenvalue weighted by atomic mass is 10.1. The zero-order valence-electron chi connectivity index (χ0n) is 15.6. The van der Waals surface area contributed by atoms with Gasteiger partial charge in [0.1, 0.15) is 0 Å². The van der Waals surface area contributed by atoms with Crippen LogP contribution in [0.25, 0.3) is 0 Å². The maximum Gasteiger partial charge on any atom is 0.270 e. The van der Waals surface area contributed by atoms with Gasteiger partial charge in [0.05, 0.1) is 20.4 Å². The second kappa shape index (κ2) is 11.0. The molecule has 0 saturated heterocycles. The summed E-state index contributed by atoms with van der Waals surface area (Å²) in [6.45, 7) is 6.40. The molecule has 0 amide bonds. The molecule has 0 aliphatic rings. The highest BCUT2D eigenvalue weighted by Crippen LogP contribution is 2.50. The summed E-state index contributed by atoms with van der Waals surface area (Å²) in [5.74, 6) is 3.85. The van der Waals surface area contributed by atoms with Crippen molar-refractivity contribution in [3.05, 3.63) is 0 Å². The van der Waals surface area contributed by atoms with Gasteiger partial charge in [-0.15, -0.1) is 0 Å². The number of hydrogen-bond acceptors (Lipinski definition) is 7. The highest BCUT2D eigenvalue weighted by molar-refractivity contribution is 8.20. The van der Waals surface area contributed by atoms with Gasteiger partial charge in [-0.1, -0.05) is 0 Å². The molecule has 0 atom stereocenters. The standard InChI is InChI=1S/C15H34O6S4/c1-14(2,24(16,17)18)8-5-10-22-12-7-13-23-11-6-9-15(3,4)25(19,20)21/h16-18H,5-13H2,1-4H3,(H,19,20,21). The second-order valence-corrected chi connectivity index (χ2v) is 13.9. The zero-order valence-corrected chi connectivity index (χ0v) is 18.9. The third kappa shape index (κ3) is 10.7. The molecule has 4 N–H and O–H groups in total. The minimum atomic E-state index is -3.99. The van der Waals surface area contributed by atoms with Crippen molar-refractivity contribution >= 4 is 44.5 Å². The first-order valence-corrected chi connectivity index (χ1v) is 13.6. The van der Waals surface area contributed by atoms with Crippen molar-refractivity contribution in [2.45, 2.75) is 69.3 Å². The molecule has 0 rings (SSSR count). The van der Waals surface area contributed by atoms with E-state index in [1.54, 1.807) is 39.5 Å². The van der Waals surface area contributed by atoms with Gasteiger partial charge in [0.15, 0.2) is 0 Å². The first-order valence-electron chi connectivity index (χ1n) is 8.33. The molecule has 0 saturated carbocycles. The molecular weight excluding hydrogens is 404 g/mol. The average molecular weight is 439 g/mol. The lowest BCUT2D eigenvalue weighted by Gasteiger charge is -2.37. The quantitative estimate of drug-likeness (QED) is 0.219.